The van der Waals surface area contributed by atoms with Gasteiger partial charge in [0.15, 0.2) is 18.1 Å². The van der Waals surface area contributed by atoms with E-state index in [0.29, 0.717) is 27.8 Å². The minimum absolute atomic E-state index is 0.0157. The number of phenols is 2. The van der Waals surface area contributed by atoms with Gasteiger partial charge >= 0.3 is 0 Å². The summed E-state index contributed by atoms with van der Waals surface area (Å²) in [6.45, 7) is 14.3. The molecule has 0 unspecified atom stereocenters. The SMILES string of the molecule is CCC(C)(C)c1ccc(OCC(=O)Nc2cc(Oc3ccc(N=Nc4c(S(=O)(=O)O)cc5cc(N(C)C)ccc5c4O)cc3)c(C)c(Cl)c2O)c(C(C)(C)CC)c1. The summed E-state index contributed by atoms with van der Waals surface area (Å²) < 4.78 is 46.7. The first-order chi connectivity index (χ1) is 26.7. The predicted octanol–water partition coefficient (Wildman–Crippen LogP) is 11.1. The molecule has 5 aromatic rings. The van der Waals surface area contributed by atoms with Crippen molar-refractivity contribution in [1.29, 1.82) is 0 Å². The van der Waals surface area contributed by atoms with Crippen LogP contribution in [-0.4, -0.2) is 49.8 Å². The molecular formula is C43H49ClN4O8S. The van der Waals surface area contributed by atoms with Crippen LogP contribution in [0.25, 0.3) is 10.8 Å². The highest BCUT2D eigenvalue weighted by Crippen LogP contribution is 2.44. The lowest BCUT2D eigenvalue weighted by Gasteiger charge is -2.30. The third-order valence-electron chi connectivity index (χ3n) is 10.5. The average molecular weight is 817 g/mol. The number of rotatable bonds is 14. The van der Waals surface area contributed by atoms with E-state index in [9.17, 15) is 28.0 Å². The molecule has 5 rings (SSSR count). The number of amides is 1. The Labute approximate surface area is 338 Å². The van der Waals surface area contributed by atoms with E-state index in [-0.39, 0.29) is 45.3 Å². The van der Waals surface area contributed by atoms with Crippen LogP contribution in [0.1, 0.15) is 71.1 Å². The maximum Gasteiger partial charge on any atom is 0.296 e. The molecule has 0 atom stereocenters. The van der Waals surface area contributed by atoms with Gasteiger partial charge in [0.25, 0.3) is 16.0 Å². The van der Waals surface area contributed by atoms with E-state index in [0.717, 1.165) is 24.1 Å². The molecule has 0 saturated heterocycles. The Morgan fingerprint density at radius 1 is 0.860 bits per heavy atom. The van der Waals surface area contributed by atoms with Crippen molar-refractivity contribution in [2.75, 3.05) is 30.9 Å². The molecule has 57 heavy (non-hydrogen) atoms. The molecule has 4 N–H and O–H groups in total. The van der Waals surface area contributed by atoms with Crippen molar-refractivity contribution in [2.45, 2.75) is 77.0 Å². The van der Waals surface area contributed by atoms with Crippen molar-refractivity contribution in [3.05, 3.63) is 94.5 Å². The number of hydrogen-bond acceptors (Lipinski definition) is 10. The van der Waals surface area contributed by atoms with Crippen molar-refractivity contribution in [3.63, 3.8) is 0 Å². The third kappa shape index (κ3) is 9.44. The Hall–Kier alpha value is -5.37. The molecule has 12 nitrogen and oxygen atoms in total. The van der Waals surface area contributed by atoms with Crippen molar-refractivity contribution >= 4 is 61.1 Å². The number of aromatic hydroxyl groups is 2. The molecule has 0 radical (unpaired) electrons. The molecule has 0 aliphatic carbocycles. The van der Waals surface area contributed by atoms with Crippen LogP contribution in [0.3, 0.4) is 0 Å². The van der Waals surface area contributed by atoms with Crippen molar-refractivity contribution < 1.29 is 37.5 Å². The van der Waals surface area contributed by atoms with E-state index in [1.165, 1.54) is 29.8 Å². The van der Waals surface area contributed by atoms with Gasteiger partial charge in [0.05, 0.1) is 16.4 Å². The highest BCUT2D eigenvalue weighted by Gasteiger charge is 2.27. The minimum atomic E-state index is -4.79. The summed E-state index contributed by atoms with van der Waals surface area (Å²) in [4.78, 5) is 14.4. The molecule has 302 valence electrons. The number of fused-ring (bicyclic) bond motifs is 1. The summed E-state index contributed by atoms with van der Waals surface area (Å²) in [5.41, 5.74) is 3.02. The van der Waals surface area contributed by atoms with Gasteiger partial charge < -0.3 is 29.9 Å². The average Bonchev–Trinajstić information content (AvgIpc) is 3.17. The van der Waals surface area contributed by atoms with Crippen LogP contribution in [0.2, 0.25) is 5.02 Å². The largest absolute Gasteiger partial charge is 0.505 e. The summed E-state index contributed by atoms with van der Waals surface area (Å²) in [5, 5.41) is 33.3. The zero-order valence-corrected chi connectivity index (χ0v) is 35.1. The Bertz CT molecular complexity index is 2460. The summed E-state index contributed by atoms with van der Waals surface area (Å²) in [6.07, 6.45) is 1.83. The number of halogens is 1. The van der Waals surface area contributed by atoms with Gasteiger partial charge in [-0.25, -0.2) is 0 Å². The van der Waals surface area contributed by atoms with E-state index in [1.807, 2.05) is 31.1 Å². The summed E-state index contributed by atoms with van der Waals surface area (Å²) in [7, 11) is -1.16. The highest BCUT2D eigenvalue weighted by molar-refractivity contribution is 7.86. The molecule has 0 saturated carbocycles. The summed E-state index contributed by atoms with van der Waals surface area (Å²) in [6, 6.07) is 20.1. The predicted molar refractivity (Wildman–Crippen MR) is 226 cm³/mol. The van der Waals surface area contributed by atoms with Gasteiger partial charge in [-0.05, 0) is 96.1 Å². The number of phenolic OH excluding ortho intramolecular Hbond substituents is 2. The second-order valence-electron chi connectivity index (χ2n) is 15.4. The first-order valence-electron chi connectivity index (χ1n) is 18.4. The second-order valence-corrected chi connectivity index (χ2v) is 17.1. The standard InChI is InChI=1S/C43H49ClN4O8S/c1-10-42(4,5)27-12-19-34(32(22-27)43(6,7)11-2)55-24-37(49)45-33-23-35(25(3)38(44)41(33)51)56-30-16-13-28(14-17-30)46-47-39-36(57(52,53)54)21-26-20-29(48(8)9)15-18-31(26)40(39)50/h12-23,50-51H,10-11,24H2,1-9H3,(H,45,49)(H,52,53,54). The molecule has 14 heteroatoms. The molecule has 0 fully saturated rings. The molecular weight excluding hydrogens is 768 g/mol. The smallest absolute Gasteiger partial charge is 0.296 e. The van der Waals surface area contributed by atoms with Gasteiger partial charge in [-0.2, -0.15) is 13.5 Å². The topological polar surface area (TPSA) is 170 Å². The number of anilines is 2. The van der Waals surface area contributed by atoms with Crippen molar-refractivity contribution in [1.82, 2.24) is 0 Å². The van der Waals surface area contributed by atoms with Crippen LogP contribution in [0, 0.1) is 6.92 Å². The van der Waals surface area contributed by atoms with Crippen LogP contribution in [0.5, 0.6) is 28.7 Å². The van der Waals surface area contributed by atoms with Crippen LogP contribution in [-0.2, 0) is 25.7 Å². The van der Waals surface area contributed by atoms with E-state index in [4.69, 9.17) is 21.1 Å². The van der Waals surface area contributed by atoms with Gasteiger partial charge in [0, 0.05) is 42.4 Å². The van der Waals surface area contributed by atoms with E-state index in [2.05, 4.69) is 63.2 Å². The van der Waals surface area contributed by atoms with Gasteiger partial charge in [0.1, 0.15) is 27.8 Å². The normalized spacial score (nSPS) is 12.3. The lowest BCUT2D eigenvalue weighted by molar-refractivity contribution is -0.118. The Morgan fingerprint density at radius 3 is 2.14 bits per heavy atom. The first kappa shape index (κ1) is 42.8. The number of ether oxygens (including phenoxy) is 2. The fraction of sp³-hybridized carbons (Fsp3) is 0.326. The lowest BCUT2D eigenvalue weighted by atomic mass is 9.76. The third-order valence-corrected chi connectivity index (χ3v) is 11.8. The maximum atomic E-state index is 13.2. The zero-order chi connectivity index (χ0) is 42.0. The molecule has 0 heterocycles. The molecule has 0 spiro atoms. The molecule has 1 amide bonds. The van der Waals surface area contributed by atoms with Crippen molar-refractivity contribution in [2.24, 2.45) is 10.2 Å². The molecule has 0 aromatic heterocycles. The fourth-order valence-corrected chi connectivity index (χ4v) is 6.82. The number of nitrogens with one attached hydrogen (secondary N) is 1. The fourth-order valence-electron chi connectivity index (χ4n) is 5.97. The van der Waals surface area contributed by atoms with Crippen LogP contribution >= 0.6 is 11.6 Å². The van der Waals surface area contributed by atoms with Gasteiger partial charge in [-0.3, -0.25) is 9.35 Å². The van der Waals surface area contributed by atoms with Crippen LogP contribution in [0.4, 0.5) is 22.7 Å². The minimum Gasteiger partial charge on any atom is -0.505 e. The Balaban J connectivity index is 1.34. The second kappa shape index (κ2) is 16.6. The van der Waals surface area contributed by atoms with Gasteiger partial charge in [-0.15, -0.1) is 5.11 Å². The highest BCUT2D eigenvalue weighted by atomic mass is 35.5. The van der Waals surface area contributed by atoms with Crippen LogP contribution in [0.15, 0.2) is 87.9 Å². The summed E-state index contributed by atoms with van der Waals surface area (Å²) >= 11 is 6.48. The van der Waals surface area contributed by atoms with Gasteiger partial charge in [0.2, 0.25) is 0 Å². The number of carbonyl (C=O) groups excluding carboxylic acids is 1. The Morgan fingerprint density at radius 2 is 1.53 bits per heavy atom. The molecule has 0 aliphatic rings. The molecule has 0 aliphatic heterocycles. The Kier molecular flexibility index (Phi) is 12.5. The maximum absolute atomic E-state index is 13.2. The van der Waals surface area contributed by atoms with E-state index in [1.54, 1.807) is 37.3 Å². The lowest BCUT2D eigenvalue weighted by Crippen LogP contribution is -2.24. The number of azo groups is 1. The molecule has 0 bridgehead atoms. The zero-order valence-electron chi connectivity index (χ0n) is 33.6. The number of nitrogens with zero attached hydrogens (tertiary/aromatic N) is 3. The quantitative estimate of drug-likeness (QED) is 0.0484. The number of hydrogen-bond donors (Lipinski definition) is 4. The van der Waals surface area contributed by atoms with Gasteiger partial charge in [-0.1, -0.05) is 65.3 Å². The van der Waals surface area contributed by atoms with E-state index < -0.39 is 32.4 Å². The van der Waals surface area contributed by atoms with Crippen LogP contribution < -0.4 is 19.7 Å². The monoisotopic (exact) mass is 816 g/mol. The summed E-state index contributed by atoms with van der Waals surface area (Å²) in [5.74, 6) is -0.109. The van der Waals surface area contributed by atoms with Crippen molar-refractivity contribution in [3.8, 4) is 28.7 Å². The first-order valence-corrected chi connectivity index (χ1v) is 20.2. The number of benzene rings is 5. The number of carbonyl (C=O) groups is 1. The van der Waals surface area contributed by atoms with E-state index >= 15 is 0 Å². The molecule has 5 aromatic carbocycles.